The van der Waals surface area contributed by atoms with E-state index >= 15 is 0 Å². The van der Waals surface area contributed by atoms with Gasteiger partial charge in [0, 0.05) is 12.2 Å². The standard InChI is InChI=1S/C12H15NO3.C2H6/c1-9-7-10(3-4-11(9)15-2)13-5-6-16-8-12(13)14;1-2/h3-4,7H,5-6,8H2,1-2H3;1-2H3. The van der Waals surface area contributed by atoms with Crippen molar-refractivity contribution in [2.24, 2.45) is 0 Å². The van der Waals surface area contributed by atoms with Crippen molar-refractivity contribution < 1.29 is 14.3 Å². The molecule has 1 saturated heterocycles. The molecule has 1 fully saturated rings. The van der Waals surface area contributed by atoms with E-state index in [9.17, 15) is 4.79 Å². The van der Waals surface area contributed by atoms with E-state index in [2.05, 4.69) is 0 Å². The second kappa shape index (κ2) is 7.01. The van der Waals surface area contributed by atoms with Crippen LogP contribution >= 0.6 is 0 Å². The van der Waals surface area contributed by atoms with E-state index in [-0.39, 0.29) is 12.5 Å². The Morgan fingerprint density at radius 3 is 2.61 bits per heavy atom. The topological polar surface area (TPSA) is 38.8 Å². The van der Waals surface area contributed by atoms with Gasteiger partial charge in [-0.25, -0.2) is 0 Å². The maximum atomic E-state index is 11.6. The molecule has 100 valence electrons. The van der Waals surface area contributed by atoms with Gasteiger partial charge in [0.1, 0.15) is 12.4 Å². The number of hydrogen-bond acceptors (Lipinski definition) is 3. The van der Waals surface area contributed by atoms with Gasteiger partial charge in [-0.2, -0.15) is 0 Å². The number of aryl methyl sites for hydroxylation is 1. The van der Waals surface area contributed by atoms with Gasteiger partial charge in [0.15, 0.2) is 0 Å². The van der Waals surface area contributed by atoms with Crippen LogP contribution in [0, 0.1) is 6.92 Å². The fraction of sp³-hybridized carbons (Fsp3) is 0.500. The normalized spacial score (nSPS) is 14.9. The number of anilines is 1. The molecular formula is C14H21NO3. The Balaban J connectivity index is 0.000000771. The number of carbonyl (C=O) groups excluding carboxylic acids is 1. The molecule has 0 radical (unpaired) electrons. The molecule has 1 aromatic carbocycles. The fourth-order valence-electron chi connectivity index (χ4n) is 1.82. The minimum Gasteiger partial charge on any atom is -0.496 e. The predicted molar refractivity (Wildman–Crippen MR) is 72.3 cm³/mol. The fourth-order valence-corrected chi connectivity index (χ4v) is 1.82. The molecule has 0 spiro atoms. The Hall–Kier alpha value is -1.55. The summed E-state index contributed by atoms with van der Waals surface area (Å²) in [6.07, 6.45) is 0. The van der Waals surface area contributed by atoms with Crippen molar-refractivity contribution in [2.75, 3.05) is 31.8 Å². The number of amides is 1. The highest BCUT2D eigenvalue weighted by molar-refractivity contribution is 5.95. The van der Waals surface area contributed by atoms with Gasteiger partial charge >= 0.3 is 0 Å². The number of rotatable bonds is 2. The number of ether oxygens (including phenoxy) is 2. The smallest absolute Gasteiger partial charge is 0.253 e. The van der Waals surface area contributed by atoms with Crippen LogP contribution < -0.4 is 9.64 Å². The van der Waals surface area contributed by atoms with Crippen LogP contribution in [-0.2, 0) is 9.53 Å². The molecule has 0 atom stereocenters. The summed E-state index contributed by atoms with van der Waals surface area (Å²) >= 11 is 0. The first-order valence-electron chi connectivity index (χ1n) is 6.25. The molecule has 0 aromatic heterocycles. The summed E-state index contributed by atoms with van der Waals surface area (Å²) in [5.41, 5.74) is 1.94. The second-order valence-electron chi connectivity index (χ2n) is 3.75. The van der Waals surface area contributed by atoms with Gasteiger partial charge in [0.2, 0.25) is 0 Å². The third kappa shape index (κ3) is 3.23. The molecule has 0 aliphatic carbocycles. The van der Waals surface area contributed by atoms with Crippen LogP contribution in [0.5, 0.6) is 5.75 Å². The minimum absolute atomic E-state index is 0.0100. The molecule has 1 aliphatic rings. The van der Waals surface area contributed by atoms with Crippen LogP contribution in [0.4, 0.5) is 5.69 Å². The van der Waals surface area contributed by atoms with E-state index < -0.39 is 0 Å². The highest BCUT2D eigenvalue weighted by Gasteiger charge is 2.20. The van der Waals surface area contributed by atoms with Crippen LogP contribution in [0.25, 0.3) is 0 Å². The van der Waals surface area contributed by atoms with E-state index in [1.54, 1.807) is 12.0 Å². The molecular weight excluding hydrogens is 230 g/mol. The molecule has 1 aliphatic heterocycles. The summed E-state index contributed by atoms with van der Waals surface area (Å²) in [6.45, 7) is 7.35. The first kappa shape index (κ1) is 14.5. The third-order valence-electron chi connectivity index (χ3n) is 2.68. The maximum absolute atomic E-state index is 11.6. The van der Waals surface area contributed by atoms with Crippen LogP contribution in [0.1, 0.15) is 19.4 Å². The number of nitrogens with zero attached hydrogens (tertiary/aromatic N) is 1. The summed E-state index contributed by atoms with van der Waals surface area (Å²) in [5.74, 6) is 0.847. The highest BCUT2D eigenvalue weighted by Crippen LogP contribution is 2.24. The first-order chi connectivity index (χ1) is 8.72. The Kier molecular flexibility index (Phi) is 5.65. The van der Waals surface area contributed by atoms with Crippen LogP contribution in [0.15, 0.2) is 18.2 Å². The Labute approximate surface area is 108 Å². The molecule has 0 bridgehead atoms. The van der Waals surface area contributed by atoms with Crippen molar-refractivity contribution >= 4 is 11.6 Å². The summed E-state index contributed by atoms with van der Waals surface area (Å²) in [4.78, 5) is 13.4. The van der Waals surface area contributed by atoms with Gasteiger partial charge in [-0.3, -0.25) is 4.79 Å². The lowest BCUT2D eigenvalue weighted by molar-refractivity contribution is -0.125. The van der Waals surface area contributed by atoms with Gasteiger partial charge < -0.3 is 14.4 Å². The average molecular weight is 251 g/mol. The Bertz CT molecular complexity index is 404. The van der Waals surface area contributed by atoms with Crippen molar-refractivity contribution in [3.8, 4) is 5.75 Å². The summed E-state index contributed by atoms with van der Waals surface area (Å²) < 4.78 is 10.3. The van der Waals surface area contributed by atoms with Gasteiger partial charge in [-0.05, 0) is 30.7 Å². The molecule has 0 unspecified atom stereocenters. The van der Waals surface area contributed by atoms with Crippen LogP contribution in [-0.4, -0.2) is 32.8 Å². The molecule has 0 N–H and O–H groups in total. The van der Waals surface area contributed by atoms with Gasteiger partial charge in [0.25, 0.3) is 5.91 Å². The second-order valence-corrected chi connectivity index (χ2v) is 3.75. The zero-order valence-corrected chi connectivity index (χ0v) is 11.5. The summed E-state index contributed by atoms with van der Waals surface area (Å²) in [7, 11) is 1.64. The van der Waals surface area contributed by atoms with Crippen molar-refractivity contribution in [2.45, 2.75) is 20.8 Å². The van der Waals surface area contributed by atoms with Crippen molar-refractivity contribution in [3.05, 3.63) is 23.8 Å². The molecule has 1 aromatic rings. The molecule has 4 heteroatoms. The number of hydrogen-bond donors (Lipinski definition) is 0. The van der Waals surface area contributed by atoms with Crippen LogP contribution in [0.3, 0.4) is 0 Å². The lowest BCUT2D eigenvalue weighted by Crippen LogP contribution is -2.41. The largest absolute Gasteiger partial charge is 0.496 e. The Morgan fingerprint density at radius 1 is 1.33 bits per heavy atom. The lowest BCUT2D eigenvalue weighted by atomic mass is 10.2. The Morgan fingerprint density at radius 2 is 2.06 bits per heavy atom. The summed E-state index contributed by atoms with van der Waals surface area (Å²) in [5, 5.41) is 0. The number of carbonyl (C=O) groups is 1. The van der Waals surface area contributed by atoms with E-state index in [1.807, 2.05) is 39.0 Å². The zero-order valence-electron chi connectivity index (χ0n) is 11.5. The summed E-state index contributed by atoms with van der Waals surface area (Å²) in [6, 6.07) is 5.74. The zero-order chi connectivity index (χ0) is 13.5. The van der Waals surface area contributed by atoms with E-state index in [1.165, 1.54) is 0 Å². The maximum Gasteiger partial charge on any atom is 0.253 e. The van der Waals surface area contributed by atoms with Crippen molar-refractivity contribution in [3.63, 3.8) is 0 Å². The van der Waals surface area contributed by atoms with Crippen LogP contribution in [0.2, 0.25) is 0 Å². The first-order valence-corrected chi connectivity index (χ1v) is 6.25. The third-order valence-corrected chi connectivity index (χ3v) is 2.68. The molecule has 18 heavy (non-hydrogen) atoms. The van der Waals surface area contributed by atoms with E-state index in [0.717, 1.165) is 17.0 Å². The highest BCUT2D eigenvalue weighted by atomic mass is 16.5. The lowest BCUT2D eigenvalue weighted by Gasteiger charge is -2.27. The van der Waals surface area contributed by atoms with Crippen molar-refractivity contribution in [1.82, 2.24) is 0 Å². The molecule has 0 saturated carbocycles. The monoisotopic (exact) mass is 251 g/mol. The number of morpholine rings is 1. The SMILES string of the molecule is CC.COc1ccc(N2CCOCC2=O)cc1C. The molecule has 4 nitrogen and oxygen atoms in total. The van der Waals surface area contributed by atoms with E-state index in [0.29, 0.717) is 13.2 Å². The minimum atomic E-state index is 0.0100. The van der Waals surface area contributed by atoms with Gasteiger partial charge in [0.05, 0.1) is 13.7 Å². The van der Waals surface area contributed by atoms with E-state index in [4.69, 9.17) is 9.47 Å². The van der Waals surface area contributed by atoms with Gasteiger partial charge in [-0.15, -0.1) is 0 Å². The molecule has 1 heterocycles. The average Bonchev–Trinajstić information content (AvgIpc) is 2.41. The quantitative estimate of drug-likeness (QED) is 0.810. The number of methoxy groups -OCH3 is 1. The molecule has 2 rings (SSSR count). The van der Waals surface area contributed by atoms with Gasteiger partial charge in [-0.1, -0.05) is 13.8 Å². The molecule has 1 amide bonds. The van der Waals surface area contributed by atoms with Crippen molar-refractivity contribution in [1.29, 1.82) is 0 Å². The number of benzene rings is 1. The predicted octanol–water partition coefficient (Wildman–Crippen LogP) is 2.39.